The first-order valence-corrected chi connectivity index (χ1v) is 30.0. The van der Waals surface area contributed by atoms with E-state index in [0.717, 1.165) is 32.1 Å². The van der Waals surface area contributed by atoms with Gasteiger partial charge >= 0.3 is 41.8 Å². The maximum atomic E-state index is 13.4. The number of benzene rings is 1. The Morgan fingerprint density at radius 3 is 2.19 bits per heavy atom. The Hall–Kier alpha value is -6.95. The molecule has 13 atom stereocenters. The summed E-state index contributed by atoms with van der Waals surface area (Å²) >= 11 is 6.04. The molecule has 0 saturated carbocycles. The summed E-state index contributed by atoms with van der Waals surface area (Å²) in [6.45, 7) is 14.6. The van der Waals surface area contributed by atoms with Crippen molar-refractivity contribution in [2.24, 2.45) is 22.5 Å². The number of unbranched alkanes of at least 4 members (excludes halogenated alkanes) is 1. The summed E-state index contributed by atoms with van der Waals surface area (Å²) in [5.74, 6) is -12.1. The minimum absolute atomic E-state index is 0.0721. The number of esters is 7. The molecule has 1 aromatic rings. The summed E-state index contributed by atoms with van der Waals surface area (Å²) in [5.41, 5.74) is 4.12. The van der Waals surface area contributed by atoms with Crippen molar-refractivity contribution in [1.82, 2.24) is 0 Å². The van der Waals surface area contributed by atoms with Crippen LogP contribution in [0.2, 0.25) is 5.02 Å². The van der Waals surface area contributed by atoms with Crippen LogP contribution in [0.3, 0.4) is 0 Å². The van der Waals surface area contributed by atoms with Crippen LogP contribution in [0.4, 0.5) is 0 Å². The Morgan fingerprint density at radius 1 is 0.876 bits per heavy atom. The number of halogens is 1. The first kappa shape index (κ1) is 72.8. The van der Waals surface area contributed by atoms with Gasteiger partial charge < -0.3 is 78.3 Å². The number of allylic oxidation sites excluding steroid dienone is 3. The second kappa shape index (κ2) is 32.2. The Morgan fingerprint density at radius 2 is 1.56 bits per heavy atom. The number of carbonyl (C=O) groups excluding carboxylic acids is 7. The number of aliphatic hydroxyl groups is 4. The molecular formula is C64H85ClN2O22. The van der Waals surface area contributed by atoms with E-state index in [9.17, 15) is 59.2 Å². The lowest BCUT2D eigenvalue weighted by Crippen LogP contribution is -2.62. The average molecular weight is 1270 g/mol. The molecule has 5 aliphatic rings. The Labute approximate surface area is 523 Å². The van der Waals surface area contributed by atoms with Crippen molar-refractivity contribution in [2.75, 3.05) is 27.4 Å². The van der Waals surface area contributed by atoms with Crippen molar-refractivity contribution in [2.45, 2.75) is 199 Å². The van der Waals surface area contributed by atoms with Gasteiger partial charge in [-0.2, -0.15) is 5.26 Å². The lowest BCUT2D eigenvalue weighted by Gasteiger charge is -2.53. The third-order valence-corrected chi connectivity index (χ3v) is 16.2. The molecule has 89 heavy (non-hydrogen) atoms. The molecule has 24 nitrogen and oxygen atoms in total. The van der Waals surface area contributed by atoms with Crippen LogP contribution < -0.4 is 10.5 Å². The summed E-state index contributed by atoms with van der Waals surface area (Å²) in [7, 11) is 2.40. The van der Waals surface area contributed by atoms with E-state index in [1.54, 1.807) is 71.9 Å². The van der Waals surface area contributed by atoms with E-state index in [1.807, 2.05) is 19.1 Å². The van der Waals surface area contributed by atoms with Gasteiger partial charge in [0.15, 0.2) is 17.8 Å². The highest BCUT2D eigenvalue weighted by molar-refractivity contribution is 6.30. The van der Waals surface area contributed by atoms with Gasteiger partial charge in [-0.25, -0.2) is 19.2 Å². The van der Waals surface area contributed by atoms with Gasteiger partial charge in [-0.15, -0.1) is 0 Å². The number of hydrogen-bond acceptors (Lipinski definition) is 24. The minimum Gasteiger partial charge on any atom is -0.466 e. The summed E-state index contributed by atoms with van der Waals surface area (Å²) in [6, 6.07) is 6.55. The number of nitrogens with zero attached hydrogens (tertiary/aromatic N) is 1. The predicted octanol–water partition coefficient (Wildman–Crippen LogP) is 6.53. The summed E-state index contributed by atoms with van der Waals surface area (Å²) < 4.78 is 62.1. The monoisotopic (exact) mass is 1270 g/mol. The van der Waals surface area contributed by atoms with Crippen molar-refractivity contribution >= 4 is 53.4 Å². The molecule has 0 radical (unpaired) electrons. The molecule has 0 aromatic heterocycles. The first-order chi connectivity index (χ1) is 41.9. The van der Waals surface area contributed by atoms with Crippen LogP contribution in [0, 0.1) is 28.1 Å². The van der Waals surface area contributed by atoms with E-state index in [2.05, 4.69) is 0 Å². The maximum absolute atomic E-state index is 13.4. The first-order valence-electron chi connectivity index (χ1n) is 29.6. The van der Waals surface area contributed by atoms with Crippen LogP contribution in [0.1, 0.15) is 138 Å². The largest absolute Gasteiger partial charge is 0.466 e. The molecule has 3 saturated heterocycles. The summed E-state index contributed by atoms with van der Waals surface area (Å²) in [5, 5.41) is 57.4. The normalized spacial score (nSPS) is 30.5. The molecule has 3 unspecified atom stereocenters. The van der Waals surface area contributed by atoms with Gasteiger partial charge in [0.05, 0.1) is 87.9 Å². The van der Waals surface area contributed by atoms with Gasteiger partial charge in [0.25, 0.3) is 0 Å². The van der Waals surface area contributed by atoms with Crippen LogP contribution in [0.5, 0.6) is 5.75 Å². The van der Waals surface area contributed by atoms with E-state index >= 15 is 0 Å². The van der Waals surface area contributed by atoms with Crippen molar-refractivity contribution in [3.8, 4) is 11.8 Å². The van der Waals surface area contributed by atoms with E-state index in [-0.39, 0.29) is 75.2 Å². The molecule has 5 heterocycles. The van der Waals surface area contributed by atoms with Gasteiger partial charge in [0.1, 0.15) is 23.5 Å². The number of nitrogens with two attached hydrogens (primary N) is 1. The Bertz CT molecular complexity index is 2960. The number of ether oxygens (including phenoxy) is 11. The maximum Gasteiger partial charge on any atom is 0.340 e. The lowest BCUT2D eigenvalue weighted by atomic mass is 9.70. The van der Waals surface area contributed by atoms with Crippen molar-refractivity contribution in [3.63, 3.8) is 0 Å². The summed E-state index contributed by atoms with van der Waals surface area (Å²) in [4.78, 5) is 89.3. The van der Waals surface area contributed by atoms with Gasteiger partial charge in [-0.05, 0) is 70.2 Å². The number of fused-ring (bicyclic) bond motifs is 7. The fourth-order valence-electron chi connectivity index (χ4n) is 11.2. The zero-order chi connectivity index (χ0) is 66.2. The summed E-state index contributed by atoms with van der Waals surface area (Å²) in [6.07, 6.45) is 2.55. The molecule has 0 aliphatic carbocycles. The molecule has 6 N–H and O–H groups in total. The van der Waals surface area contributed by atoms with Crippen LogP contribution in [0.15, 0.2) is 89.4 Å². The van der Waals surface area contributed by atoms with Crippen LogP contribution >= 0.6 is 11.6 Å². The number of methoxy groups -OCH3 is 2. The fourth-order valence-corrected chi connectivity index (χ4v) is 11.4. The van der Waals surface area contributed by atoms with Crippen LogP contribution in [-0.2, 0) is 80.9 Å². The fraction of sp³-hybridized carbons (Fsp3) is 0.594. The average Bonchev–Trinajstić information content (AvgIpc) is 0.921. The highest BCUT2D eigenvalue weighted by atomic mass is 35.5. The van der Waals surface area contributed by atoms with E-state index in [1.165, 1.54) is 39.2 Å². The number of cyclic esters (lactones) is 1. The molecule has 5 aliphatic heterocycles. The quantitative estimate of drug-likeness (QED) is 0.0434. The number of nitriles is 1. The van der Waals surface area contributed by atoms with Gasteiger partial charge in [-0.1, -0.05) is 88.6 Å². The second-order valence-corrected chi connectivity index (χ2v) is 23.8. The number of hydrogen-bond donors (Lipinski definition) is 5. The molecule has 490 valence electrons. The SMILES string of the molecule is CCC/C=C/C=C/C(=O)O[C@H]1/C(=C/C(=O)OC)C[C@H]2C[C@H]([C@@H](C)O)OC(=O)C[C@H](O)C[C@@H]3C[C@H](OC(C)=O)C(C)(C)[C@](O)(C[C@@H]4C/C(=C/C(=O)OC)CC(/C=C\C(C)(C)[C@]1(O)O2)O4)O3.CCOC(=O)C1=C(N)Oc2ccc(Cl)cc2C1C(C#N)C(=O)OCC. The second-order valence-electron chi connectivity index (χ2n) is 23.4. The van der Waals surface area contributed by atoms with Crippen LogP contribution in [-0.4, -0.2) is 156 Å². The van der Waals surface area contributed by atoms with E-state index in [4.69, 9.17) is 69.4 Å². The molecule has 25 heteroatoms. The Balaban J connectivity index is 0.000000478. The van der Waals surface area contributed by atoms with Gasteiger partial charge in [-0.3, -0.25) is 14.4 Å². The molecule has 6 bridgehead atoms. The molecule has 1 aromatic carbocycles. The number of rotatable bonds is 14. The highest BCUT2D eigenvalue weighted by Gasteiger charge is 2.60. The van der Waals surface area contributed by atoms with Crippen molar-refractivity contribution < 1.29 is 106 Å². The third kappa shape index (κ3) is 18.8. The highest BCUT2D eigenvalue weighted by Crippen LogP contribution is 2.51. The van der Waals surface area contributed by atoms with E-state index in [0.29, 0.717) is 21.9 Å². The molecule has 0 amide bonds. The minimum atomic E-state index is -2.47. The van der Waals surface area contributed by atoms with Crippen molar-refractivity contribution in [3.05, 3.63) is 100.0 Å². The van der Waals surface area contributed by atoms with Crippen molar-refractivity contribution in [1.29, 1.82) is 5.26 Å². The smallest absolute Gasteiger partial charge is 0.340 e. The van der Waals surface area contributed by atoms with Crippen LogP contribution in [0.25, 0.3) is 0 Å². The molecule has 0 spiro atoms. The number of carbonyl (C=O) groups is 7. The topological polar surface area (TPSA) is 352 Å². The Kier molecular flexibility index (Phi) is 26.3. The molecule has 6 rings (SSSR count). The zero-order valence-electron chi connectivity index (χ0n) is 52.2. The number of aliphatic hydroxyl groups excluding tert-OH is 2. The zero-order valence-corrected chi connectivity index (χ0v) is 53.0. The molecular weight excluding hydrogens is 1180 g/mol. The molecule has 3 fully saturated rings. The van der Waals surface area contributed by atoms with E-state index < -0.39 is 137 Å². The van der Waals surface area contributed by atoms with Gasteiger partial charge in [0.2, 0.25) is 11.7 Å². The predicted molar refractivity (Wildman–Crippen MR) is 317 cm³/mol. The van der Waals surface area contributed by atoms with Gasteiger partial charge in [0, 0.05) is 66.8 Å². The third-order valence-electron chi connectivity index (χ3n) is 16.0. The standard InChI is InChI=1S/C47H68O17.C17H17ClN2O5/c1-10-11-12-13-14-15-39(51)62-43-31(22-41(53)58-9)21-34-25-37(28(2)48)61-42(54)24-32(50)23-35-26-38(59-29(3)49)45(6,7)46(55,63-35)27-36-19-30(20-40(52)57-8)18-33(60-36)16-17-44(4,5)47(43,56)64-34;1-3-23-16(21)11(8-19)13-10-7-9(18)5-6-12(10)25-15(20)14(13)17(22)24-4-2/h12-17,20,22,28,32-38,43,48,50,55-56H,10-11,18-19,21,23-27H2,1-9H3;5-7,11,13H,3-4,20H2,1-2H3/b13-12+,15-14+,17-16-,30-20+,31-22+;/t28-,32-,33?,34+,35-,36+,37-,38+,43+,46+,47-;/m1./s1. The lowest BCUT2D eigenvalue weighted by molar-refractivity contribution is -0.348.